The van der Waals surface area contributed by atoms with E-state index in [2.05, 4.69) is 15.3 Å². The predicted octanol–water partition coefficient (Wildman–Crippen LogP) is 0.710. The molecule has 3 N–H and O–H groups in total. The second kappa shape index (κ2) is 3.51. The minimum absolute atomic E-state index is 0.299. The van der Waals surface area contributed by atoms with Crippen molar-refractivity contribution in [3.05, 3.63) is 12.4 Å². The Morgan fingerprint density at radius 3 is 3.00 bits per heavy atom. The van der Waals surface area contributed by atoms with E-state index in [9.17, 15) is 0 Å². The van der Waals surface area contributed by atoms with E-state index in [1.807, 2.05) is 12.3 Å². The molecule has 4 nitrogen and oxygen atoms in total. The van der Waals surface area contributed by atoms with Crippen molar-refractivity contribution in [3.63, 3.8) is 0 Å². The molecule has 5 heteroatoms. The number of rotatable bonds is 3. The molecule has 2 atom stereocenters. The molecule has 0 saturated heterocycles. The quantitative estimate of drug-likeness (QED) is 0.550. The molecule has 0 amide bonds. The lowest BCUT2D eigenvalue weighted by Gasteiger charge is -2.03. The third-order valence-electron chi connectivity index (χ3n) is 2.02. The van der Waals surface area contributed by atoms with Crippen LogP contribution in [-0.2, 0) is 0 Å². The summed E-state index contributed by atoms with van der Waals surface area (Å²) in [6, 6.07) is 2.65. The van der Waals surface area contributed by atoms with Crippen molar-refractivity contribution in [2.24, 2.45) is 5.73 Å². The van der Waals surface area contributed by atoms with Gasteiger partial charge in [0, 0.05) is 18.2 Å². The number of aromatic nitrogens is 2. The smallest absolute Gasteiger partial charge is 0.130 e. The average Bonchev–Trinajstić information content (AvgIpc) is 2.82. The molecule has 2 unspecified atom stereocenters. The fraction of sp³-hybridized carbons (Fsp3) is 0.500. The van der Waals surface area contributed by atoms with Gasteiger partial charge in [-0.05, 0) is 12.7 Å². The van der Waals surface area contributed by atoms with Gasteiger partial charge in [0.25, 0.3) is 0 Å². The summed E-state index contributed by atoms with van der Waals surface area (Å²) in [5, 5.41) is 4.23. The molecule has 1 aliphatic rings. The van der Waals surface area contributed by atoms with E-state index in [4.69, 9.17) is 5.73 Å². The Bertz CT molecular complexity index is 304. The summed E-state index contributed by atoms with van der Waals surface area (Å²) in [5.41, 5.74) is 5.67. The number of nitrogens with zero attached hydrogens (tertiary/aromatic N) is 2. The Balaban J connectivity index is 2.03. The largest absolute Gasteiger partial charge is 0.366 e. The Labute approximate surface area is 81.3 Å². The van der Waals surface area contributed by atoms with Crippen molar-refractivity contribution in [3.8, 4) is 0 Å². The summed E-state index contributed by atoms with van der Waals surface area (Å²) >= 11 is 1.61. The molecule has 13 heavy (non-hydrogen) atoms. The lowest BCUT2D eigenvalue weighted by atomic mass is 10.5. The molecule has 0 spiro atoms. The Morgan fingerprint density at radius 1 is 1.62 bits per heavy atom. The molecular formula is C8H12N4S. The minimum Gasteiger partial charge on any atom is -0.366 e. The summed E-state index contributed by atoms with van der Waals surface area (Å²) in [5.74, 6) is 0.873. The summed E-state index contributed by atoms with van der Waals surface area (Å²) < 4.78 is 0. The zero-order valence-electron chi connectivity index (χ0n) is 7.40. The molecule has 0 radical (unpaired) electrons. The SMILES string of the molecule is CSc1cc(NC2CC2N)ncn1. The van der Waals surface area contributed by atoms with Crippen LogP contribution in [0, 0.1) is 0 Å². The second-order valence-electron chi connectivity index (χ2n) is 3.10. The predicted molar refractivity (Wildman–Crippen MR) is 53.8 cm³/mol. The average molecular weight is 196 g/mol. The van der Waals surface area contributed by atoms with Crippen molar-refractivity contribution in [2.45, 2.75) is 23.5 Å². The maximum Gasteiger partial charge on any atom is 0.130 e. The van der Waals surface area contributed by atoms with Gasteiger partial charge in [0.05, 0.1) is 0 Å². The number of nitrogens with one attached hydrogen (secondary N) is 1. The minimum atomic E-state index is 0.299. The van der Waals surface area contributed by atoms with Crippen LogP contribution in [0.4, 0.5) is 5.82 Å². The number of hydrogen-bond acceptors (Lipinski definition) is 5. The van der Waals surface area contributed by atoms with E-state index in [1.165, 1.54) is 0 Å². The fourth-order valence-electron chi connectivity index (χ4n) is 1.10. The van der Waals surface area contributed by atoms with Crippen LogP contribution in [0.2, 0.25) is 0 Å². The second-order valence-corrected chi connectivity index (χ2v) is 3.92. The van der Waals surface area contributed by atoms with E-state index in [0.29, 0.717) is 12.1 Å². The normalized spacial score (nSPS) is 25.7. The first kappa shape index (κ1) is 8.77. The fourth-order valence-corrected chi connectivity index (χ4v) is 1.48. The topological polar surface area (TPSA) is 63.8 Å². The first-order chi connectivity index (χ1) is 6.29. The monoisotopic (exact) mass is 196 g/mol. The Kier molecular flexibility index (Phi) is 2.37. The molecular weight excluding hydrogens is 184 g/mol. The van der Waals surface area contributed by atoms with Crippen molar-refractivity contribution < 1.29 is 0 Å². The van der Waals surface area contributed by atoms with Crippen LogP contribution >= 0.6 is 11.8 Å². The lowest BCUT2D eigenvalue weighted by Crippen LogP contribution is -2.13. The van der Waals surface area contributed by atoms with Gasteiger partial charge in [-0.25, -0.2) is 9.97 Å². The molecule has 0 bridgehead atoms. The molecule has 1 aromatic rings. The van der Waals surface area contributed by atoms with Crippen molar-refractivity contribution in [1.82, 2.24) is 9.97 Å². The highest BCUT2D eigenvalue weighted by Crippen LogP contribution is 2.23. The van der Waals surface area contributed by atoms with Crippen molar-refractivity contribution in [1.29, 1.82) is 0 Å². The van der Waals surface area contributed by atoms with E-state index < -0.39 is 0 Å². The van der Waals surface area contributed by atoms with E-state index in [-0.39, 0.29) is 0 Å². The van der Waals surface area contributed by atoms with Crippen LogP contribution in [0.5, 0.6) is 0 Å². The molecule has 0 aliphatic heterocycles. The summed E-state index contributed by atoms with van der Waals surface area (Å²) in [4.78, 5) is 8.20. The summed E-state index contributed by atoms with van der Waals surface area (Å²) in [7, 11) is 0. The van der Waals surface area contributed by atoms with E-state index >= 15 is 0 Å². The van der Waals surface area contributed by atoms with Gasteiger partial charge < -0.3 is 11.1 Å². The summed E-state index contributed by atoms with van der Waals surface area (Å²) in [6.45, 7) is 0. The van der Waals surface area contributed by atoms with E-state index in [0.717, 1.165) is 17.3 Å². The van der Waals surface area contributed by atoms with Crippen LogP contribution < -0.4 is 11.1 Å². The number of anilines is 1. The molecule has 1 fully saturated rings. The highest BCUT2D eigenvalue weighted by molar-refractivity contribution is 7.98. The van der Waals surface area contributed by atoms with Gasteiger partial charge >= 0.3 is 0 Å². The van der Waals surface area contributed by atoms with Gasteiger partial charge in [-0.1, -0.05) is 0 Å². The van der Waals surface area contributed by atoms with Gasteiger partial charge in [-0.15, -0.1) is 11.8 Å². The standard InChI is InChI=1S/C8H12N4S/c1-13-8-3-7(10-4-11-8)12-6-2-5(6)9/h3-6H,2,9H2,1H3,(H,10,11,12). The van der Waals surface area contributed by atoms with Crippen LogP contribution in [0.25, 0.3) is 0 Å². The van der Waals surface area contributed by atoms with Gasteiger partial charge in [-0.2, -0.15) is 0 Å². The Hall–Kier alpha value is -0.810. The van der Waals surface area contributed by atoms with Crippen molar-refractivity contribution in [2.75, 3.05) is 11.6 Å². The van der Waals surface area contributed by atoms with Crippen LogP contribution in [0.15, 0.2) is 17.4 Å². The third kappa shape index (κ3) is 2.10. The molecule has 1 heterocycles. The van der Waals surface area contributed by atoms with Crippen molar-refractivity contribution >= 4 is 17.6 Å². The van der Waals surface area contributed by atoms with Crippen LogP contribution in [0.3, 0.4) is 0 Å². The van der Waals surface area contributed by atoms with Gasteiger partial charge in [0.1, 0.15) is 17.2 Å². The number of nitrogens with two attached hydrogens (primary N) is 1. The van der Waals surface area contributed by atoms with Gasteiger partial charge in [-0.3, -0.25) is 0 Å². The molecule has 1 aliphatic carbocycles. The molecule has 0 aromatic carbocycles. The molecule has 2 rings (SSSR count). The Morgan fingerprint density at radius 2 is 2.38 bits per heavy atom. The lowest BCUT2D eigenvalue weighted by molar-refractivity contribution is 0.975. The maximum atomic E-state index is 5.67. The maximum absolute atomic E-state index is 5.67. The summed E-state index contributed by atoms with van der Waals surface area (Å²) in [6.07, 6.45) is 4.61. The zero-order valence-corrected chi connectivity index (χ0v) is 8.21. The first-order valence-electron chi connectivity index (χ1n) is 4.18. The molecule has 1 saturated carbocycles. The van der Waals surface area contributed by atoms with E-state index in [1.54, 1.807) is 18.1 Å². The van der Waals surface area contributed by atoms with Crippen LogP contribution in [0.1, 0.15) is 6.42 Å². The zero-order chi connectivity index (χ0) is 9.26. The molecule has 70 valence electrons. The van der Waals surface area contributed by atoms with Gasteiger partial charge in [0.15, 0.2) is 0 Å². The van der Waals surface area contributed by atoms with Crippen LogP contribution in [-0.4, -0.2) is 28.3 Å². The molecule has 1 aromatic heterocycles. The third-order valence-corrected chi connectivity index (χ3v) is 2.67. The van der Waals surface area contributed by atoms with Gasteiger partial charge in [0.2, 0.25) is 0 Å². The number of hydrogen-bond donors (Lipinski definition) is 2. The highest BCUT2D eigenvalue weighted by atomic mass is 32.2. The highest BCUT2D eigenvalue weighted by Gasteiger charge is 2.33. The number of thioether (sulfide) groups is 1. The first-order valence-corrected chi connectivity index (χ1v) is 5.40.